The lowest BCUT2D eigenvalue weighted by Crippen LogP contribution is -2.08. The van der Waals surface area contributed by atoms with Crippen molar-refractivity contribution in [2.75, 3.05) is 6.61 Å². The molecule has 0 saturated heterocycles. The van der Waals surface area contributed by atoms with Crippen molar-refractivity contribution in [1.29, 1.82) is 0 Å². The van der Waals surface area contributed by atoms with Crippen LogP contribution >= 0.6 is 0 Å². The van der Waals surface area contributed by atoms with E-state index in [0.29, 0.717) is 0 Å². The second-order valence-corrected chi connectivity index (χ2v) is 3.65. The van der Waals surface area contributed by atoms with Crippen LogP contribution in [0.25, 0.3) is 0 Å². The fraction of sp³-hybridized carbons (Fsp3) is 1.00. The number of unbranched alkanes of at least 4 members (excludes halogenated alkanes) is 1. The molecule has 0 aromatic carbocycles. The minimum atomic E-state index is -0.260. The number of aliphatic hydroxyl groups is 3. The van der Waals surface area contributed by atoms with Gasteiger partial charge in [-0.15, -0.1) is 0 Å². The van der Waals surface area contributed by atoms with Crippen LogP contribution in [0.3, 0.4) is 0 Å². The zero-order chi connectivity index (χ0) is 10.1. The van der Waals surface area contributed by atoms with Crippen molar-refractivity contribution in [1.82, 2.24) is 0 Å². The Kier molecular flexibility index (Phi) is 8.40. The second-order valence-electron chi connectivity index (χ2n) is 3.65. The van der Waals surface area contributed by atoms with Crippen LogP contribution in [0.1, 0.15) is 45.4 Å². The standard InChI is InChI=1S/C10H22O3/c1-9(12)5-4-7-10(13)6-2-3-8-11/h9-13H,2-8H2,1H3/t9-,10-/m0/s1. The molecule has 80 valence electrons. The van der Waals surface area contributed by atoms with Crippen LogP contribution in [0.5, 0.6) is 0 Å². The quantitative estimate of drug-likeness (QED) is 0.502. The smallest absolute Gasteiger partial charge is 0.0540 e. The molecule has 0 aliphatic rings. The van der Waals surface area contributed by atoms with E-state index in [2.05, 4.69) is 0 Å². The third kappa shape index (κ3) is 9.80. The first-order valence-corrected chi connectivity index (χ1v) is 5.13. The van der Waals surface area contributed by atoms with Gasteiger partial charge in [-0.05, 0) is 45.4 Å². The van der Waals surface area contributed by atoms with Gasteiger partial charge < -0.3 is 15.3 Å². The third-order valence-corrected chi connectivity index (χ3v) is 2.10. The summed E-state index contributed by atoms with van der Waals surface area (Å²) in [7, 11) is 0. The van der Waals surface area contributed by atoms with Gasteiger partial charge in [0.05, 0.1) is 12.2 Å². The highest BCUT2D eigenvalue weighted by molar-refractivity contribution is 4.57. The van der Waals surface area contributed by atoms with Gasteiger partial charge in [0.15, 0.2) is 0 Å². The van der Waals surface area contributed by atoms with Crippen LogP contribution in [0, 0.1) is 0 Å². The number of hydrogen-bond donors (Lipinski definition) is 3. The molecule has 3 N–H and O–H groups in total. The van der Waals surface area contributed by atoms with Crippen molar-refractivity contribution in [2.24, 2.45) is 0 Å². The van der Waals surface area contributed by atoms with Gasteiger partial charge in [0.25, 0.3) is 0 Å². The van der Waals surface area contributed by atoms with Crippen molar-refractivity contribution in [3.8, 4) is 0 Å². The molecule has 0 saturated carbocycles. The highest BCUT2D eigenvalue weighted by Gasteiger charge is 2.04. The molecular formula is C10H22O3. The van der Waals surface area contributed by atoms with Crippen LogP contribution in [0.2, 0.25) is 0 Å². The summed E-state index contributed by atoms with van der Waals surface area (Å²) in [6.45, 7) is 1.97. The summed E-state index contributed by atoms with van der Waals surface area (Å²) in [5.74, 6) is 0. The first-order valence-electron chi connectivity index (χ1n) is 5.13. The number of rotatable bonds is 8. The Hall–Kier alpha value is -0.120. The highest BCUT2D eigenvalue weighted by Crippen LogP contribution is 2.09. The minimum Gasteiger partial charge on any atom is -0.396 e. The zero-order valence-corrected chi connectivity index (χ0v) is 8.45. The lowest BCUT2D eigenvalue weighted by atomic mass is 10.0. The van der Waals surface area contributed by atoms with Crippen molar-refractivity contribution < 1.29 is 15.3 Å². The maximum atomic E-state index is 9.43. The maximum Gasteiger partial charge on any atom is 0.0540 e. The molecule has 3 nitrogen and oxygen atoms in total. The fourth-order valence-corrected chi connectivity index (χ4v) is 1.28. The number of hydrogen-bond acceptors (Lipinski definition) is 3. The van der Waals surface area contributed by atoms with Gasteiger partial charge in [0.2, 0.25) is 0 Å². The number of aliphatic hydroxyl groups excluding tert-OH is 3. The van der Waals surface area contributed by atoms with Gasteiger partial charge in [-0.25, -0.2) is 0 Å². The van der Waals surface area contributed by atoms with E-state index in [1.54, 1.807) is 6.92 Å². The van der Waals surface area contributed by atoms with Gasteiger partial charge in [-0.2, -0.15) is 0 Å². The van der Waals surface area contributed by atoms with Crippen LogP contribution in [0.15, 0.2) is 0 Å². The summed E-state index contributed by atoms with van der Waals surface area (Å²) in [6.07, 6.45) is 4.29. The van der Waals surface area contributed by atoms with Crippen molar-refractivity contribution >= 4 is 0 Å². The summed E-state index contributed by atoms with van der Waals surface area (Å²) < 4.78 is 0. The summed E-state index contributed by atoms with van der Waals surface area (Å²) in [6, 6.07) is 0. The second kappa shape index (κ2) is 8.48. The molecule has 0 spiro atoms. The Balaban J connectivity index is 3.15. The van der Waals surface area contributed by atoms with E-state index in [1.807, 2.05) is 0 Å². The Bertz CT molecular complexity index is 104. The molecule has 13 heavy (non-hydrogen) atoms. The van der Waals surface area contributed by atoms with E-state index in [9.17, 15) is 5.11 Å². The molecule has 0 aliphatic carbocycles. The van der Waals surface area contributed by atoms with Gasteiger partial charge in [0.1, 0.15) is 0 Å². The molecule has 0 bridgehead atoms. The van der Waals surface area contributed by atoms with Crippen LogP contribution < -0.4 is 0 Å². The molecule has 0 aromatic rings. The predicted octanol–water partition coefficient (Wildman–Crippen LogP) is 1.06. The van der Waals surface area contributed by atoms with Gasteiger partial charge >= 0.3 is 0 Å². The topological polar surface area (TPSA) is 60.7 Å². The Morgan fingerprint density at radius 1 is 0.923 bits per heavy atom. The van der Waals surface area contributed by atoms with Crippen molar-refractivity contribution in [2.45, 2.75) is 57.7 Å². The summed E-state index contributed by atoms with van der Waals surface area (Å²) in [5.41, 5.74) is 0. The normalized spacial score (nSPS) is 15.7. The molecule has 0 unspecified atom stereocenters. The van der Waals surface area contributed by atoms with Gasteiger partial charge in [-0.1, -0.05) is 0 Å². The summed E-state index contributed by atoms with van der Waals surface area (Å²) >= 11 is 0. The molecule has 0 amide bonds. The maximum absolute atomic E-state index is 9.43. The first kappa shape index (κ1) is 12.9. The SMILES string of the molecule is C[C@H](O)CCC[C@@H](O)CCCCO. The zero-order valence-electron chi connectivity index (χ0n) is 8.45. The molecule has 2 atom stereocenters. The van der Waals surface area contributed by atoms with Crippen molar-refractivity contribution in [3.05, 3.63) is 0 Å². The first-order chi connectivity index (χ1) is 6.16. The van der Waals surface area contributed by atoms with Crippen molar-refractivity contribution in [3.63, 3.8) is 0 Å². The Morgan fingerprint density at radius 2 is 1.54 bits per heavy atom. The van der Waals surface area contributed by atoms with E-state index < -0.39 is 0 Å². The summed E-state index contributed by atoms with van der Waals surface area (Å²) in [4.78, 5) is 0. The lowest BCUT2D eigenvalue weighted by molar-refractivity contribution is 0.131. The molecule has 0 rings (SSSR count). The van der Waals surface area contributed by atoms with E-state index in [0.717, 1.165) is 38.5 Å². The molecule has 0 aliphatic heterocycles. The van der Waals surface area contributed by atoms with Crippen LogP contribution in [0.4, 0.5) is 0 Å². The largest absolute Gasteiger partial charge is 0.396 e. The monoisotopic (exact) mass is 190 g/mol. The average molecular weight is 190 g/mol. The molecule has 0 fully saturated rings. The molecule has 0 aromatic heterocycles. The van der Waals surface area contributed by atoms with E-state index in [4.69, 9.17) is 10.2 Å². The van der Waals surface area contributed by atoms with E-state index in [1.165, 1.54) is 0 Å². The predicted molar refractivity (Wildman–Crippen MR) is 52.5 cm³/mol. The van der Waals surface area contributed by atoms with Gasteiger partial charge in [-0.3, -0.25) is 0 Å². The highest BCUT2D eigenvalue weighted by atomic mass is 16.3. The van der Waals surface area contributed by atoms with Crippen LogP contribution in [-0.4, -0.2) is 34.1 Å². The Labute approximate surface area is 80.4 Å². The van der Waals surface area contributed by atoms with E-state index in [-0.39, 0.29) is 18.8 Å². The third-order valence-electron chi connectivity index (χ3n) is 2.10. The Morgan fingerprint density at radius 3 is 2.08 bits per heavy atom. The molecule has 0 radical (unpaired) electrons. The fourth-order valence-electron chi connectivity index (χ4n) is 1.28. The lowest BCUT2D eigenvalue weighted by Gasteiger charge is -2.10. The molecule has 3 heteroatoms. The van der Waals surface area contributed by atoms with Gasteiger partial charge in [0, 0.05) is 6.61 Å². The average Bonchev–Trinajstić information content (AvgIpc) is 2.04. The van der Waals surface area contributed by atoms with E-state index >= 15 is 0 Å². The molecule has 0 heterocycles. The van der Waals surface area contributed by atoms with Crippen LogP contribution in [-0.2, 0) is 0 Å². The summed E-state index contributed by atoms with van der Waals surface area (Å²) in [5, 5.41) is 26.9. The molecular weight excluding hydrogens is 168 g/mol. The minimum absolute atomic E-state index is 0.209.